The van der Waals surface area contributed by atoms with Gasteiger partial charge in [0, 0.05) is 19.1 Å². The molecule has 2 heterocycles. The van der Waals surface area contributed by atoms with Gasteiger partial charge in [0.15, 0.2) is 0 Å². The second-order valence-electron chi connectivity index (χ2n) is 7.25. The zero-order valence-electron chi connectivity index (χ0n) is 13.8. The monoisotopic (exact) mass is 303 g/mol. The predicted octanol–water partition coefficient (Wildman–Crippen LogP) is 2.50. The van der Waals surface area contributed by atoms with Crippen molar-refractivity contribution in [1.29, 1.82) is 0 Å². The number of nitrogens with two attached hydrogens (primary N) is 1. The van der Waals surface area contributed by atoms with Crippen LogP contribution in [0, 0.1) is 17.8 Å². The molecule has 1 aliphatic carbocycles. The molecule has 5 heteroatoms. The molecule has 0 aromatic carbocycles. The number of hydrogen-bond acceptors (Lipinski definition) is 5. The van der Waals surface area contributed by atoms with Crippen molar-refractivity contribution < 1.29 is 0 Å². The highest BCUT2D eigenvalue weighted by Gasteiger charge is 2.28. The fraction of sp³-hybridized carbons (Fsp3) is 0.765. The molecule has 1 aliphatic heterocycles. The highest BCUT2D eigenvalue weighted by Crippen LogP contribution is 2.29. The molecule has 0 spiro atoms. The van der Waals surface area contributed by atoms with Crippen molar-refractivity contribution in [3.8, 4) is 0 Å². The van der Waals surface area contributed by atoms with Crippen LogP contribution in [0.2, 0.25) is 0 Å². The van der Waals surface area contributed by atoms with Crippen LogP contribution in [0.3, 0.4) is 0 Å². The first-order chi connectivity index (χ1) is 10.7. The van der Waals surface area contributed by atoms with Crippen LogP contribution in [-0.4, -0.2) is 35.6 Å². The van der Waals surface area contributed by atoms with Crippen LogP contribution in [0.4, 0.5) is 11.6 Å². The molecule has 1 saturated carbocycles. The van der Waals surface area contributed by atoms with Crippen molar-refractivity contribution in [2.45, 2.75) is 45.6 Å². The van der Waals surface area contributed by atoms with E-state index in [1.807, 2.05) is 12.4 Å². The largest absolute Gasteiger partial charge is 0.380 e. The average Bonchev–Trinajstić information content (AvgIpc) is 2.51. The molecule has 5 nitrogen and oxygen atoms in total. The fourth-order valence-corrected chi connectivity index (χ4v) is 3.61. The Morgan fingerprint density at radius 1 is 1.23 bits per heavy atom. The summed E-state index contributed by atoms with van der Waals surface area (Å²) < 4.78 is 0. The number of anilines is 2. The van der Waals surface area contributed by atoms with Gasteiger partial charge in [0.05, 0.1) is 18.1 Å². The Morgan fingerprint density at radius 2 is 1.86 bits per heavy atom. The summed E-state index contributed by atoms with van der Waals surface area (Å²) in [4.78, 5) is 11.4. The van der Waals surface area contributed by atoms with Crippen molar-refractivity contribution >= 4 is 11.6 Å². The topological polar surface area (TPSA) is 67.1 Å². The zero-order valence-corrected chi connectivity index (χ0v) is 13.8. The van der Waals surface area contributed by atoms with Gasteiger partial charge in [-0.05, 0) is 50.0 Å². The van der Waals surface area contributed by atoms with Gasteiger partial charge >= 0.3 is 0 Å². The molecule has 1 aromatic heterocycles. The average molecular weight is 303 g/mol. The number of rotatable bonds is 5. The summed E-state index contributed by atoms with van der Waals surface area (Å²) in [5, 5.41) is 3.50. The molecule has 22 heavy (non-hydrogen) atoms. The molecular formula is C17H29N5. The van der Waals surface area contributed by atoms with Gasteiger partial charge in [0.2, 0.25) is 5.95 Å². The maximum absolute atomic E-state index is 5.66. The molecule has 0 unspecified atom stereocenters. The minimum Gasteiger partial charge on any atom is -0.380 e. The Hall–Kier alpha value is -1.36. The van der Waals surface area contributed by atoms with Crippen molar-refractivity contribution in [3.63, 3.8) is 0 Å². The summed E-state index contributed by atoms with van der Waals surface area (Å²) in [5.74, 6) is 3.21. The molecule has 2 aliphatic rings. The Bertz CT molecular complexity index is 458. The normalized spacial score (nSPS) is 26.1. The van der Waals surface area contributed by atoms with Gasteiger partial charge in [-0.1, -0.05) is 13.8 Å². The van der Waals surface area contributed by atoms with Gasteiger partial charge in [-0.3, -0.25) is 0 Å². The van der Waals surface area contributed by atoms with E-state index in [1.54, 1.807) is 0 Å². The zero-order chi connectivity index (χ0) is 15.5. The molecule has 1 aromatic rings. The maximum atomic E-state index is 5.66. The Balaban J connectivity index is 1.50. The second kappa shape index (κ2) is 6.82. The third-order valence-electron chi connectivity index (χ3n) is 5.34. The standard InChI is InChI=1S/C17H29N5/c1-12(2)14-3-5-22(6-4-14)17-19-10-16(11-20-17)21-15-7-13(8-15)9-18/h10-15,21H,3-9,18H2,1-2H3. The maximum Gasteiger partial charge on any atom is 0.225 e. The minimum atomic E-state index is 0.546. The van der Waals surface area contributed by atoms with E-state index in [4.69, 9.17) is 5.73 Å². The second-order valence-corrected chi connectivity index (χ2v) is 7.25. The van der Waals surface area contributed by atoms with Crippen LogP contribution in [0.25, 0.3) is 0 Å². The van der Waals surface area contributed by atoms with E-state index in [1.165, 1.54) is 25.7 Å². The number of aromatic nitrogens is 2. The third kappa shape index (κ3) is 3.51. The number of nitrogens with one attached hydrogen (secondary N) is 1. The lowest BCUT2D eigenvalue weighted by molar-refractivity contribution is 0.291. The predicted molar refractivity (Wildman–Crippen MR) is 91.0 cm³/mol. The van der Waals surface area contributed by atoms with Crippen LogP contribution < -0.4 is 16.0 Å². The van der Waals surface area contributed by atoms with Crippen molar-refractivity contribution in [1.82, 2.24) is 9.97 Å². The molecule has 0 radical (unpaired) electrons. The van der Waals surface area contributed by atoms with Gasteiger partial charge in [0.1, 0.15) is 0 Å². The van der Waals surface area contributed by atoms with Crippen LogP contribution >= 0.6 is 0 Å². The summed E-state index contributed by atoms with van der Waals surface area (Å²) in [6.07, 6.45) is 8.69. The molecular weight excluding hydrogens is 274 g/mol. The summed E-state index contributed by atoms with van der Waals surface area (Å²) in [5.41, 5.74) is 6.69. The van der Waals surface area contributed by atoms with E-state index in [0.29, 0.717) is 12.0 Å². The van der Waals surface area contributed by atoms with Gasteiger partial charge in [-0.15, -0.1) is 0 Å². The van der Waals surface area contributed by atoms with Crippen molar-refractivity contribution in [3.05, 3.63) is 12.4 Å². The fourth-order valence-electron chi connectivity index (χ4n) is 3.61. The summed E-state index contributed by atoms with van der Waals surface area (Å²) >= 11 is 0. The molecule has 122 valence electrons. The molecule has 3 rings (SSSR count). The van der Waals surface area contributed by atoms with E-state index in [9.17, 15) is 0 Å². The van der Waals surface area contributed by atoms with Crippen LogP contribution in [0.5, 0.6) is 0 Å². The third-order valence-corrected chi connectivity index (χ3v) is 5.34. The molecule has 0 atom stereocenters. The van der Waals surface area contributed by atoms with E-state index >= 15 is 0 Å². The van der Waals surface area contributed by atoms with Crippen LogP contribution in [0.15, 0.2) is 12.4 Å². The van der Waals surface area contributed by atoms with Gasteiger partial charge in [-0.25, -0.2) is 9.97 Å². The quantitative estimate of drug-likeness (QED) is 0.875. The lowest BCUT2D eigenvalue weighted by atomic mass is 9.80. The highest BCUT2D eigenvalue weighted by atomic mass is 15.3. The van der Waals surface area contributed by atoms with E-state index in [2.05, 4.69) is 34.0 Å². The SMILES string of the molecule is CC(C)C1CCN(c2ncc(NC3CC(CN)C3)cn2)CC1. The number of hydrogen-bond donors (Lipinski definition) is 2. The Morgan fingerprint density at radius 3 is 2.41 bits per heavy atom. The molecule has 3 N–H and O–H groups in total. The highest BCUT2D eigenvalue weighted by molar-refractivity contribution is 5.43. The van der Waals surface area contributed by atoms with E-state index < -0.39 is 0 Å². The smallest absolute Gasteiger partial charge is 0.225 e. The van der Waals surface area contributed by atoms with E-state index in [0.717, 1.165) is 43.1 Å². The van der Waals surface area contributed by atoms with Crippen molar-refractivity contribution in [2.75, 3.05) is 29.9 Å². The Kier molecular flexibility index (Phi) is 4.81. The van der Waals surface area contributed by atoms with Gasteiger partial charge in [0.25, 0.3) is 0 Å². The first-order valence-electron chi connectivity index (χ1n) is 8.69. The lowest BCUT2D eigenvalue weighted by Crippen LogP contribution is -2.39. The minimum absolute atomic E-state index is 0.546. The molecule has 1 saturated heterocycles. The lowest BCUT2D eigenvalue weighted by Gasteiger charge is -2.36. The van der Waals surface area contributed by atoms with Crippen LogP contribution in [0.1, 0.15) is 39.5 Å². The molecule has 0 bridgehead atoms. The van der Waals surface area contributed by atoms with Crippen LogP contribution in [-0.2, 0) is 0 Å². The molecule has 2 fully saturated rings. The summed E-state index contributed by atoms with van der Waals surface area (Å²) in [7, 11) is 0. The Labute approximate surface area is 133 Å². The summed E-state index contributed by atoms with van der Waals surface area (Å²) in [6.45, 7) is 7.62. The number of piperidine rings is 1. The first kappa shape index (κ1) is 15.5. The van der Waals surface area contributed by atoms with E-state index in [-0.39, 0.29) is 0 Å². The van der Waals surface area contributed by atoms with Gasteiger partial charge < -0.3 is 16.0 Å². The molecule has 0 amide bonds. The first-order valence-corrected chi connectivity index (χ1v) is 8.69. The summed E-state index contributed by atoms with van der Waals surface area (Å²) in [6, 6.07) is 0.546. The number of nitrogens with zero attached hydrogens (tertiary/aromatic N) is 3. The van der Waals surface area contributed by atoms with Gasteiger partial charge in [-0.2, -0.15) is 0 Å². The van der Waals surface area contributed by atoms with Crippen molar-refractivity contribution in [2.24, 2.45) is 23.5 Å².